The number of halogens is 2. The van der Waals surface area contributed by atoms with E-state index in [9.17, 15) is 24.3 Å². The Morgan fingerprint density at radius 2 is 1.79 bits per heavy atom. The molecule has 0 unspecified atom stereocenters. The molecule has 0 fully saturated rings. The number of nitrogens with two attached hydrogens (primary N) is 1. The summed E-state index contributed by atoms with van der Waals surface area (Å²) in [7, 11) is 0. The van der Waals surface area contributed by atoms with Crippen LogP contribution in [0.2, 0.25) is 10.0 Å². The zero-order valence-electron chi connectivity index (χ0n) is 21.5. The van der Waals surface area contributed by atoms with E-state index < -0.39 is 34.7 Å². The van der Waals surface area contributed by atoms with Gasteiger partial charge in [-0.05, 0) is 51.5 Å². The van der Waals surface area contributed by atoms with Crippen molar-refractivity contribution in [2.75, 3.05) is 17.6 Å². The van der Waals surface area contributed by atoms with E-state index in [0.717, 1.165) is 23.0 Å². The highest BCUT2D eigenvalue weighted by atomic mass is 35.5. The summed E-state index contributed by atoms with van der Waals surface area (Å²) in [5.41, 5.74) is 4.37. The Hall–Kier alpha value is -4.16. The third-order valence-electron chi connectivity index (χ3n) is 5.19. The summed E-state index contributed by atoms with van der Waals surface area (Å²) >= 11 is 12.4. The Morgan fingerprint density at radius 1 is 1.15 bits per heavy atom. The quantitative estimate of drug-likeness (QED) is 0.372. The molecule has 14 heteroatoms. The molecule has 206 valence electrons. The molecule has 0 atom stereocenters. The van der Waals surface area contributed by atoms with Crippen LogP contribution >= 0.6 is 23.2 Å². The summed E-state index contributed by atoms with van der Waals surface area (Å²) in [4.78, 5) is 59.6. The fourth-order valence-corrected chi connectivity index (χ4v) is 4.12. The van der Waals surface area contributed by atoms with Crippen molar-refractivity contribution in [1.82, 2.24) is 19.4 Å². The van der Waals surface area contributed by atoms with E-state index in [1.54, 1.807) is 33.8 Å². The molecule has 0 aliphatic rings. The minimum Gasteiger partial charge on any atom is -0.478 e. The Morgan fingerprint density at radius 3 is 2.36 bits per heavy atom. The number of nitrogen functional groups attached to an aromatic ring is 1. The van der Waals surface area contributed by atoms with E-state index in [1.807, 2.05) is 0 Å². The van der Waals surface area contributed by atoms with Gasteiger partial charge in [-0.3, -0.25) is 19.1 Å². The maximum Gasteiger partial charge on any atom is 0.410 e. The number of amides is 2. The molecule has 3 aromatic rings. The van der Waals surface area contributed by atoms with Crippen molar-refractivity contribution < 1.29 is 24.2 Å². The first-order chi connectivity index (χ1) is 18.2. The molecule has 2 aromatic heterocycles. The summed E-state index contributed by atoms with van der Waals surface area (Å²) in [6.07, 6.45) is 3.41. The number of nitrogens with one attached hydrogen (secondary N) is 1. The second kappa shape index (κ2) is 11.7. The summed E-state index contributed by atoms with van der Waals surface area (Å²) in [6, 6.07) is 3.81. The topological polar surface area (TPSA) is 170 Å². The van der Waals surface area contributed by atoms with E-state index in [-0.39, 0.29) is 39.3 Å². The van der Waals surface area contributed by atoms with Gasteiger partial charge in [0.05, 0.1) is 39.7 Å². The molecule has 0 saturated carbocycles. The predicted molar refractivity (Wildman–Crippen MR) is 146 cm³/mol. The van der Waals surface area contributed by atoms with Crippen molar-refractivity contribution in [1.29, 1.82) is 0 Å². The van der Waals surface area contributed by atoms with Gasteiger partial charge in [0, 0.05) is 12.7 Å². The Bertz CT molecular complexity index is 1480. The largest absolute Gasteiger partial charge is 0.478 e. The van der Waals surface area contributed by atoms with Crippen LogP contribution in [0.3, 0.4) is 0 Å². The molecule has 0 bridgehead atoms. The first-order valence-corrected chi connectivity index (χ1v) is 12.3. The molecule has 0 aliphatic heterocycles. The van der Waals surface area contributed by atoms with Crippen LogP contribution in [-0.2, 0) is 11.3 Å². The third kappa shape index (κ3) is 7.03. The van der Waals surface area contributed by atoms with Crippen molar-refractivity contribution in [2.24, 2.45) is 0 Å². The highest BCUT2D eigenvalue weighted by Gasteiger charge is 2.23. The smallest absolute Gasteiger partial charge is 0.410 e. The summed E-state index contributed by atoms with van der Waals surface area (Å²) in [5.74, 6) is -2.50. The molecular formula is C25H26Cl2N6O6. The van der Waals surface area contributed by atoms with Gasteiger partial charge in [-0.25, -0.2) is 14.6 Å². The number of nitrogens with zero attached hydrogens (tertiary/aromatic N) is 4. The van der Waals surface area contributed by atoms with Crippen LogP contribution in [0.5, 0.6) is 0 Å². The number of hydrogen-bond acceptors (Lipinski definition) is 8. The lowest BCUT2D eigenvalue weighted by Crippen LogP contribution is -2.36. The summed E-state index contributed by atoms with van der Waals surface area (Å²) < 4.78 is 6.31. The lowest BCUT2D eigenvalue weighted by molar-refractivity contribution is 0.0244. The average Bonchev–Trinajstić information content (AvgIpc) is 2.82. The monoisotopic (exact) mass is 576 g/mol. The number of rotatable bonds is 7. The number of aromatic carboxylic acids is 1. The number of hydrogen-bond donors (Lipinski definition) is 3. The summed E-state index contributed by atoms with van der Waals surface area (Å²) in [5, 5.41) is 11.5. The van der Waals surface area contributed by atoms with Crippen LogP contribution in [0.25, 0.3) is 5.69 Å². The molecule has 2 heterocycles. The number of pyridine rings is 1. The second-order valence-electron chi connectivity index (χ2n) is 9.30. The van der Waals surface area contributed by atoms with E-state index in [0.29, 0.717) is 12.1 Å². The molecule has 0 aliphatic carbocycles. The highest BCUT2D eigenvalue weighted by Crippen LogP contribution is 2.29. The molecule has 1 aromatic carbocycles. The lowest BCUT2D eigenvalue weighted by atomic mass is 10.2. The van der Waals surface area contributed by atoms with Gasteiger partial charge in [0.15, 0.2) is 0 Å². The molecule has 39 heavy (non-hydrogen) atoms. The number of carbonyl (C=O) groups is 3. The molecule has 12 nitrogen and oxygen atoms in total. The SMILES string of the molecule is CCN(Cc1cncc(NC(=O)c2c(N)ncn(-c3c(Cl)cc(C(=O)O)cc3Cl)c2=O)c1)C(=O)OC(C)(C)C. The van der Waals surface area contributed by atoms with Gasteiger partial charge in [-0.15, -0.1) is 0 Å². The zero-order valence-corrected chi connectivity index (χ0v) is 23.0. The third-order valence-corrected chi connectivity index (χ3v) is 5.77. The molecule has 2 amide bonds. The molecular weight excluding hydrogens is 551 g/mol. The Balaban J connectivity index is 1.90. The number of carboxylic acids is 1. The van der Waals surface area contributed by atoms with E-state index in [4.69, 9.17) is 33.7 Å². The van der Waals surface area contributed by atoms with Crippen LogP contribution in [0.4, 0.5) is 16.3 Å². The van der Waals surface area contributed by atoms with Gasteiger partial charge in [0.25, 0.3) is 11.5 Å². The number of benzene rings is 1. The molecule has 0 saturated heterocycles. The van der Waals surface area contributed by atoms with Crippen LogP contribution in [0, 0.1) is 0 Å². The standard InChI is InChI=1S/C25H26Cl2N6O6/c1-5-32(24(38)39-25(2,3)4)11-13-6-15(10-29-9-13)31-21(34)18-20(28)30-12-33(22(18)35)19-16(26)7-14(23(36)37)8-17(19)27/h6-10,12H,5,11,28H2,1-4H3,(H,31,34)(H,36,37). The minimum atomic E-state index is -1.27. The van der Waals surface area contributed by atoms with E-state index >= 15 is 0 Å². The van der Waals surface area contributed by atoms with Gasteiger partial charge < -0.3 is 25.8 Å². The average molecular weight is 577 g/mol. The van der Waals surface area contributed by atoms with Crippen molar-refractivity contribution in [3.05, 3.63) is 74.0 Å². The first-order valence-electron chi connectivity index (χ1n) is 11.5. The molecule has 3 rings (SSSR count). The van der Waals surface area contributed by atoms with Crippen LogP contribution in [0.15, 0.2) is 41.7 Å². The van der Waals surface area contributed by atoms with E-state index in [2.05, 4.69) is 15.3 Å². The van der Waals surface area contributed by atoms with Crippen molar-refractivity contribution >= 4 is 52.7 Å². The normalized spacial score (nSPS) is 11.1. The van der Waals surface area contributed by atoms with Crippen molar-refractivity contribution in [3.8, 4) is 5.69 Å². The predicted octanol–water partition coefficient (Wildman–Crippen LogP) is 4.22. The minimum absolute atomic E-state index is 0.0691. The number of ether oxygens (including phenoxy) is 1. The fraction of sp³-hybridized carbons (Fsp3) is 0.280. The fourth-order valence-electron chi connectivity index (χ4n) is 3.45. The number of carboxylic acid groups (broad SMARTS) is 1. The Labute approximate surface area is 233 Å². The molecule has 4 N–H and O–H groups in total. The molecule has 0 radical (unpaired) electrons. The molecule has 0 spiro atoms. The first kappa shape index (κ1) is 29.4. The lowest BCUT2D eigenvalue weighted by Gasteiger charge is -2.26. The van der Waals surface area contributed by atoms with Crippen LogP contribution < -0.4 is 16.6 Å². The van der Waals surface area contributed by atoms with Gasteiger partial charge >= 0.3 is 12.1 Å². The van der Waals surface area contributed by atoms with Crippen LogP contribution in [0.1, 0.15) is 54.0 Å². The summed E-state index contributed by atoms with van der Waals surface area (Å²) in [6.45, 7) is 7.63. The zero-order chi connectivity index (χ0) is 29.1. The second-order valence-corrected chi connectivity index (χ2v) is 10.1. The van der Waals surface area contributed by atoms with Crippen LogP contribution in [-0.4, -0.2) is 54.7 Å². The van der Waals surface area contributed by atoms with Crippen molar-refractivity contribution in [2.45, 2.75) is 39.8 Å². The number of anilines is 2. The van der Waals surface area contributed by atoms with Gasteiger partial charge in [-0.1, -0.05) is 23.2 Å². The number of aromatic nitrogens is 3. The van der Waals surface area contributed by atoms with Gasteiger partial charge in [0.2, 0.25) is 0 Å². The number of carbonyl (C=O) groups excluding carboxylic acids is 2. The van der Waals surface area contributed by atoms with Gasteiger partial charge in [0.1, 0.15) is 23.3 Å². The maximum absolute atomic E-state index is 13.3. The highest BCUT2D eigenvalue weighted by molar-refractivity contribution is 6.38. The maximum atomic E-state index is 13.3. The Kier molecular flexibility index (Phi) is 8.82. The van der Waals surface area contributed by atoms with E-state index in [1.165, 1.54) is 17.3 Å². The van der Waals surface area contributed by atoms with Gasteiger partial charge in [-0.2, -0.15) is 0 Å². The van der Waals surface area contributed by atoms with Crippen molar-refractivity contribution in [3.63, 3.8) is 0 Å².